The monoisotopic (exact) mass is 416 g/mol. The lowest BCUT2D eigenvalue weighted by molar-refractivity contribution is 0.0683. The van der Waals surface area contributed by atoms with Crippen molar-refractivity contribution in [2.24, 2.45) is 0 Å². The molecule has 3 aromatic rings. The summed E-state index contributed by atoms with van der Waals surface area (Å²) in [7, 11) is 1.64. The molecule has 1 aromatic carbocycles. The van der Waals surface area contributed by atoms with E-state index in [1.807, 2.05) is 35.0 Å². The number of nitrogens with zero attached hydrogens (tertiary/aromatic N) is 2. The van der Waals surface area contributed by atoms with Crippen LogP contribution in [0.25, 0.3) is 0 Å². The summed E-state index contributed by atoms with van der Waals surface area (Å²) >= 11 is 3.00. The summed E-state index contributed by atoms with van der Waals surface area (Å²) in [6, 6.07) is 9.89. The zero-order chi connectivity index (χ0) is 19.9. The third-order valence-corrected chi connectivity index (χ3v) is 5.82. The van der Waals surface area contributed by atoms with Crippen molar-refractivity contribution >= 4 is 28.6 Å². The zero-order valence-corrected chi connectivity index (χ0v) is 17.9. The molecular weight excluding hydrogens is 392 g/mol. The predicted octanol–water partition coefficient (Wildman–Crippen LogP) is 4.69. The highest BCUT2D eigenvalue weighted by Crippen LogP contribution is 2.20. The van der Waals surface area contributed by atoms with Gasteiger partial charge in [0.2, 0.25) is 0 Å². The summed E-state index contributed by atoms with van der Waals surface area (Å²) in [5, 5.41) is 4.79. The Bertz CT molecular complexity index is 886. The van der Waals surface area contributed by atoms with E-state index in [-0.39, 0.29) is 5.91 Å². The van der Waals surface area contributed by atoms with Gasteiger partial charge in [-0.3, -0.25) is 4.79 Å². The highest BCUT2D eigenvalue weighted by molar-refractivity contribution is 7.12. The predicted molar refractivity (Wildman–Crippen MR) is 113 cm³/mol. The maximum absolute atomic E-state index is 12.7. The summed E-state index contributed by atoms with van der Waals surface area (Å²) in [4.78, 5) is 19.9. The summed E-state index contributed by atoms with van der Waals surface area (Å²) in [6.45, 7) is 6.01. The van der Waals surface area contributed by atoms with Gasteiger partial charge in [0.25, 0.3) is 5.91 Å². The van der Waals surface area contributed by atoms with Crippen molar-refractivity contribution in [3.05, 3.63) is 67.8 Å². The molecule has 0 N–H and O–H groups in total. The SMILES string of the molecule is COCCN(Cc1csc(COc2cc(C)cc(C)c2)n1)C(=O)c1cccs1. The fraction of sp³-hybridized carbons (Fsp3) is 0.333. The van der Waals surface area contributed by atoms with Crippen LogP contribution in [0.3, 0.4) is 0 Å². The minimum atomic E-state index is 0.00749. The molecule has 0 aliphatic heterocycles. The Kier molecular flexibility index (Phi) is 7.19. The molecule has 148 valence electrons. The molecule has 5 nitrogen and oxygen atoms in total. The highest BCUT2D eigenvalue weighted by atomic mass is 32.1. The second kappa shape index (κ2) is 9.82. The summed E-state index contributed by atoms with van der Waals surface area (Å²) in [5.74, 6) is 0.858. The second-order valence-electron chi connectivity index (χ2n) is 6.54. The van der Waals surface area contributed by atoms with Crippen molar-refractivity contribution in [3.8, 4) is 5.75 Å². The van der Waals surface area contributed by atoms with E-state index in [9.17, 15) is 4.79 Å². The molecule has 0 aliphatic carbocycles. The molecule has 2 heterocycles. The zero-order valence-electron chi connectivity index (χ0n) is 16.3. The molecule has 0 saturated heterocycles. The van der Waals surface area contributed by atoms with Crippen molar-refractivity contribution in [1.29, 1.82) is 0 Å². The van der Waals surface area contributed by atoms with Crippen LogP contribution in [0.2, 0.25) is 0 Å². The quantitative estimate of drug-likeness (QED) is 0.508. The van der Waals surface area contributed by atoms with Gasteiger partial charge in [-0.2, -0.15) is 0 Å². The molecule has 0 fully saturated rings. The first kappa shape index (κ1) is 20.5. The Hall–Kier alpha value is -2.22. The van der Waals surface area contributed by atoms with E-state index in [1.165, 1.54) is 22.5 Å². The smallest absolute Gasteiger partial charge is 0.264 e. The minimum Gasteiger partial charge on any atom is -0.486 e. The Morgan fingerprint density at radius 1 is 1.18 bits per heavy atom. The number of thiophene rings is 1. The van der Waals surface area contributed by atoms with Gasteiger partial charge in [0.15, 0.2) is 0 Å². The van der Waals surface area contributed by atoms with Crippen LogP contribution >= 0.6 is 22.7 Å². The van der Waals surface area contributed by atoms with Gasteiger partial charge in [-0.05, 0) is 48.6 Å². The number of benzene rings is 1. The lowest BCUT2D eigenvalue weighted by Crippen LogP contribution is -2.33. The minimum absolute atomic E-state index is 0.00749. The van der Waals surface area contributed by atoms with Crippen molar-refractivity contribution in [2.75, 3.05) is 20.3 Å². The number of aromatic nitrogens is 1. The van der Waals surface area contributed by atoms with Gasteiger partial charge in [0, 0.05) is 19.0 Å². The Morgan fingerprint density at radius 3 is 2.64 bits per heavy atom. The number of methoxy groups -OCH3 is 1. The van der Waals surface area contributed by atoms with E-state index in [0.717, 1.165) is 21.3 Å². The number of carbonyl (C=O) groups excluding carboxylic acids is 1. The molecule has 0 bridgehead atoms. The van der Waals surface area contributed by atoms with Crippen LogP contribution in [0.15, 0.2) is 41.1 Å². The van der Waals surface area contributed by atoms with Crippen molar-refractivity contribution in [1.82, 2.24) is 9.88 Å². The highest BCUT2D eigenvalue weighted by Gasteiger charge is 2.18. The molecule has 3 rings (SSSR count). The molecule has 7 heteroatoms. The molecule has 0 atom stereocenters. The molecule has 28 heavy (non-hydrogen) atoms. The third kappa shape index (κ3) is 5.64. The van der Waals surface area contributed by atoms with E-state index in [1.54, 1.807) is 23.3 Å². The molecule has 0 radical (unpaired) electrons. The van der Waals surface area contributed by atoms with Crippen LogP contribution in [0.5, 0.6) is 5.75 Å². The number of carbonyl (C=O) groups is 1. The summed E-state index contributed by atoms with van der Waals surface area (Å²) in [6.07, 6.45) is 0. The number of hydrogen-bond acceptors (Lipinski definition) is 6. The molecule has 0 spiro atoms. The lowest BCUT2D eigenvalue weighted by Gasteiger charge is -2.20. The maximum Gasteiger partial charge on any atom is 0.264 e. The van der Waals surface area contributed by atoms with Crippen LogP contribution in [0.1, 0.15) is 31.5 Å². The summed E-state index contributed by atoms with van der Waals surface area (Å²) < 4.78 is 11.1. The third-order valence-electron chi connectivity index (χ3n) is 4.09. The fourth-order valence-corrected chi connectivity index (χ4v) is 4.24. The van der Waals surface area contributed by atoms with Gasteiger partial charge in [0.1, 0.15) is 17.4 Å². The Balaban J connectivity index is 1.63. The van der Waals surface area contributed by atoms with Gasteiger partial charge in [-0.1, -0.05) is 12.1 Å². The first-order chi connectivity index (χ1) is 13.5. The summed E-state index contributed by atoms with van der Waals surface area (Å²) in [5.41, 5.74) is 3.22. The average molecular weight is 417 g/mol. The molecule has 1 amide bonds. The molecule has 0 unspecified atom stereocenters. The number of hydrogen-bond donors (Lipinski definition) is 0. The number of amides is 1. The van der Waals surface area contributed by atoms with E-state index in [2.05, 4.69) is 24.9 Å². The van der Waals surface area contributed by atoms with Gasteiger partial charge < -0.3 is 14.4 Å². The van der Waals surface area contributed by atoms with Gasteiger partial charge in [-0.15, -0.1) is 22.7 Å². The van der Waals surface area contributed by atoms with Gasteiger partial charge in [0.05, 0.1) is 23.7 Å². The van der Waals surface area contributed by atoms with E-state index in [0.29, 0.717) is 26.3 Å². The molecular formula is C21H24N2O3S2. The molecule has 0 aliphatic rings. The van der Waals surface area contributed by atoms with Crippen LogP contribution in [-0.2, 0) is 17.9 Å². The van der Waals surface area contributed by atoms with Crippen LogP contribution in [-0.4, -0.2) is 36.1 Å². The lowest BCUT2D eigenvalue weighted by atomic mass is 10.1. The number of ether oxygens (including phenoxy) is 2. The van der Waals surface area contributed by atoms with E-state index >= 15 is 0 Å². The Morgan fingerprint density at radius 2 is 1.96 bits per heavy atom. The average Bonchev–Trinajstić information content (AvgIpc) is 3.34. The van der Waals surface area contributed by atoms with E-state index < -0.39 is 0 Å². The second-order valence-corrected chi connectivity index (χ2v) is 8.43. The van der Waals surface area contributed by atoms with Crippen molar-refractivity contribution < 1.29 is 14.3 Å². The molecule has 2 aromatic heterocycles. The van der Waals surface area contributed by atoms with E-state index in [4.69, 9.17) is 9.47 Å². The van der Waals surface area contributed by atoms with Crippen molar-refractivity contribution in [2.45, 2.75) is 27.0 Å². The normalized spacial score (nSPS) is 10.8. The first-order valence-electron chi connectivity index (χ1n) is 9.01. The molecule has 0 saturated carbocycles. The maximum atomic E-state index is 12.7. The fourth-order valence-electron chi connectivity index (χ4n) is 2.85. The Labute approximate surface area is 173 Å². The van der Waals surface area contributed by atoms with Crippen molar-refractivity contribution in [3.63, 3.8) is 0 Å². The number of thiazole rings is 1. The first-order valence-corrected chi connectivity index (χ1v) is 10.8. The number of aryl methyl sites for hydroxylation is 2. The van der Waals surface area contributed by atoms with Gasteiger partial charge in [-0.25, -0.2) is 4.98 Å². The van der Waals surface area contributed by atoms with Gasteiger partial charge >= 0.3 is 0 Å². The van der Waals surface area contributed by atoms with Crippen LogP contribution in [0.4, 0.5) is 0 Å². The number of rotatable bonds is 9. The van der Waals surface area contributed by atoms with Crippen LogP contribution < -0.4 is 4.74 Å². The topological polar surface area (TPSA) is 51.7 Å². The largest absolute Gasteiger partial charge is 0.486 e. The standard InChI is InChI=1S/C21H24N2O3S2/c1-15-9-16(2)11-18(10-15)26-13-20-22-17(14-28-20)12-23(6-7-25-3)21(24)19-5-4-8-27-19/h4-5,8-11,14H,6-7,12-13H2,1-3H3. The van der Waals surface area contributed by atoms with Crippen LogP contribution in [0, 0.1) is 13.8 Å².